The van der Waals surface area contributed by atoms with Gasteiger partial charge in [0.1, 0.15) is 17.3 Å². The molecule has 2 aromatic carbocycles. The molecule has 1 amide bonds. The average molecular weight is 392 g/mol. The Morgan fingerprint density at radius 3 is 2.59 bits per heavy atom. The van der Waals surface area contributed by atoms with Crippen molar-refractivity contribution in [1.29, 1.82) is 0 Å². The second-order valence-electron chi connectivity index (χ2n) is 7.12. The molecule has 1 N–H and O–H groups in total. The van der Waals surface area contributed by atoms with Crippen LogP contribution in [0.25, 0.3) is 0 Å². The van der Waals surface area contributed by atoms with E-state index in [1.54, 1.807) is 44.7 Å². The molecule has 150 valence electrons. The van der Waals surface area contributed by atoms with Gasteiger partial charge in [-0.15, -0.1) is 0 Å². The molecule has 2 heterocycles. The highest BCUT2D eigenvalue weighted by atomic mass is 16.5. The average Bonchev–Trinajstić information content (AvgIpc) is 3.32. The predicted octanol–water partition coefficient (Wildman–Crippen LogP) is 4.50. The highest BCUT2D eigenvalue weighted by Crippen LogP contribution is 2.34. The van der Waals surface area contributed by atoms with Gasteiger partial charge in [-0.1, -0.05) is 18.2 Å². The Hall–Kier alpha value is -3.41. The standard InChI is InChI=1S/C23H24N2O4/c1-15-10-16-6-4-5-7-21(16)25(15)14-22-20(8-9-29-22)23(26)24-17-11-18(27-2)13-19(12-17)28-3/h4-9,11-13,15H,10,14H2,1-3H3,(H,24,26). The number of methoxy groups -OCH3 is 2. The van der Waals surface area contributed by atoms with Crippen molar-refractivity contribution < 1.29 is 18.7 Å². The Labute approximate surface area is 170 Å². The van der Waals surface area contributed by atoms with Crippen molar-refractivity contribution in [3.8, 4) is 11.5 Å². The lowest BCUT2D eigenvalue weighted by Gasteiger charge is -2.24. The molecule has 0 aliphatic carbocycles. The minimum atomic E-state index is -0.232. The predicted molar refractivity (Wildman–Crippen MR) is 112 cm³/mol. The normalized spacial score (nSPS) is 15.1. The number of furan rings is 1. The zero-order valence-electron chi connectivity index (χ0n) is 16.8. The van der Waals surface area contributed by atoms with E-state index in [1.807, 2.05) is 6.07 Å². The highest BCUT2D eigenvalue weighted by Gasteiger charge is 2.28. The molecule has 1 unspecified atom stereocenters. The van der Waals surface area contributed by atoms with Crippen molar-refractivity contribution in [3.05, 3.63) is 71.7 Å². The molecular weight excluding hydrogens is 368 g/mol. The van der Waals surface area contributed by atoms with Crippen LogP contribution in [0.1, 0.15) is 28.6 Å². The van der Waals surface area contributed by atoms with E-state index in [0.29, 0.717) is 41.1 Å². The number of carbonyl (C=O) groups excluding carboxylic acids is 1. The molecule has 29 heavy (non-hydrogen) atoms. The lowest BCUT2D eigenvalue weighted by molar-refractivity contribution is 0.102. The summed E-state index contributed by atoms with van der Waals surface area (Å²) in [5.41, 5.74) is 3.63. The van der Waals surface area contributed by atoms with Crippen molar-refractivity contribution in [2.24, 2.45) is 0 Å². The molecular formula is C23H24N2O4. The van der Waals surface area contributed by atoms with Crippen molar-refractivity contribution in [1.82, 2.24) is 0 Å². The van der Waals surface area contributed by atoms with E-state index in [0.717, 1.165) is 6.42 Å². The fraction of sp³-hybridized carbons (Fsp3) is 0.261. The number of fused-ring (bicyclic) bond motifs is 1. The van der Waals surface area contributed by atoms with Gasteiger partial charge >= 0.3 is 0 Å². The summed E-state index contributed by atoms with van der Waals surface area (Å²) < 4.78 is 16.2. The molecule has 1 atom stereocenters. The lowest BCUT2D eigenvalue weighted by atomic mass is 10.1. The van der Waals surface area contributed by atoms with Gasteiger partial charge < -0.3 is 24.1 Å². The molecule has 0 spiro atoms. The number of hydrogen-bond acceptors (Lipinski definition) is 5. The fourth-order valence-corrected chi connectivity index (χ4v) is 3.77. The number of amides is 1. The molecule has 4 rings (SSSR count). The van der Waals surface area contributed by atoms with Crippen LogP contribution in [0.4, 0.5) is 11.4 Å². The van der Waals surface area contributed by atoms with Crippen LogP contribution in [-0.4, -0.2) is 26.2 Å². The molecule has 0 saturated carbocycles. The maximum absolute atomic E-state index is 12.9. The largest absolute Gasteiger partial charge is 0.497 e. The number of ether oxygens (including phenoxy) is 2. The Balaban J connectivity index is 1.55. The number of carbonyl (C=O) groups is 1. The van der Waals surface area contributed by atoms with E-state index in [-0.39, 0.29) is 5.91 Å². The number of nitrogens with one attached hydrogen (secondary N) is 1. The van der Waals surface area contributed by atoms with Gasteiger partial charge in [0, 0.05) is 35.6 Å². The molecule has 6 nitrogen and oxygen atoms in total. The van der Waals surface area contributed by atoms with Gasteiger partial charge in [-0.05, 0) is 31.0 Å². The van der Waals surface area contributed by atoms with Gasteiger partial charge in [-0.25, -0.2) is 0 Å². The molecule has 6 heteroatoms. The molecule has 1 aliphatic rings. The molecule has 3 aromatic rings. The summed E-state index contributed by atoms with van der Waals surface area (Å²) in [6.45, 7) is 2.72. The zero-order chi connectivity index (χ0) is 20.4. The van der Waals surface area contributed by atoms with Gasteiger partial charge in [-0.2, -0.15) is 0 Å². The number of benzene rings is 2. The summed E-state index contributed by atoms with van der Waals surface area (Å²) in [5, 5.41) is 2.91. The van der Waals surface area contributed by atoms with Crippen LogP contribution in [0.3, 0.4) is 0 Å². The minimum absolute atomic E-state index is 0.232. The number of rotatable bonds is 6. The molecule has 0 bridgehead atoms. The van der Waals surface area contributed by atoms with Gasteiger partial charge in [-0.3, -0.25) is 4.79 Å². The summed E-state index contributed by atoms with van der Waals surface area (Å²) in [6, 6.07) is 15.7. The van der Waals surface area contributed by atoms with E-state index in [9.17, 15) is 4.79 Å². The van der Waals surface area contributed by atoms with Crippen molar-refractivity contribution >= 4 is 17.3 Å². The van der Waals surface area contributed by atoms with Gasteiger partial charge in [0.15, 0.2) is 0 Å². The number of anilines is 2. The summed E-state index contributed by atoms with van der Waals surface area (Å²) in [5.74, 6) is 1.62. The lowest BCUT2D eigenvalue weighted by Crippen LogP contribution is -2.29. The van der Waals surface area contributed by atoms with Crippen molar-refractivity contribution in [2.75, 3.05) is 24.4 Å². The van der Waals surface area contributed by atoms with E-state index in [2.05, 4.69) is 35.3 Å². The molecule has 0 fully saturated rings. The van der Waals surface area contributed by atoms with Crippen LogP contribution in [0, 0.1) is 0 Å². The highest BCUT2D eigenvalue weighted by molar-refractivity contribution is 6.05. The van der Waals surface area contributed by atoms with Crippen LogP contribution in [0.2, 0.25) is 0 Å². The van der Waals surface area contributed by atoms with E-state index >= 15 is 0 Å². The van der Waals surface area contributed by atoms with Gasteiger partial charge in [0.05, 0.1) is 32.6 Å². The first kappa shape index (κ1) is 18.9. The summed E-state index contributed by atoms with van der Waals surface area (Å²) in [6.07, 6.45) is 2.55. The SMILES string of the molecule is COc1cc(NC(=O)c2ccoc2CN2c3ccccc3CC2C)cc(OC)c1. The number of hydrogen-bond donors (Lipinski definition) is 1. The topological polar surface area (TPSA) is 63.9 Å². The second kappa shape index (κ2) is 7.91. The van der Waals surface area contributed by atoms with Crippen molar-refractivity contribution in [2.45, 2.75) is 25.9 Å². The van der Waals surface area contributed by atoms with E-state index in [1.165, 1.54) is 11.3 Å². The quantitative estimate of drug-likeness (QED) is 0.669. The number of para-hydroxylation sites is 1. The van der Waals surface area contributed by atoms with Gasteiger partial charge in [0.2, 0.25) is 0 Å². The van der Waals surface area contributed by atoms with E-state index in [4.69, 9.17) is 13.9 Å². The third-order valence-electron chi connectivity index (χ3n) is 5.26. The summed E-state index contributed by atoms with van der Waals surface area (Å²) in [4.78, 5) is 15.2. The second-order valence-corrected chi connectivity index (χ2v) is 7.12. The summed E-state index contributed by atoms with van der Waals surface area (Å²) >= 11 is 0. The first-order chi connectivity index (χ1) is 14.1. The number of nitrogens with zero attached hydrogens (tertiary/aromatic N) is 1. The van der Waals surface area contributed by atoms with Gasteiger partial charge in [0.25, 0.3) is 5.91 Å². The van der Waals surface area contributed by atoms with Crippen LogP contribution in [-0.2, 0) is 13.0 Å². The van der Waals surface area contributed by atoms with E-state index < -0.39 is 0 Å². The Morgan fingerprint density at radius 2 is 1.86 bits per heavy atom. The maximum atomic E-state index is 12.9. The summed E-state index contributed by atoms with van der Waals surface area (Å²) in [7, 11) is 3.15. The minimum Gasteiger partial charge on any atom is -0.497 e. The van der Waals surface area contributed by atoms with Crippen molar-refractivity contribution in [3.63, 3.8) is 0 Å². The van der Waals surface area contributed by atoms with Crippen LogP contribution < -0.4 is 19.7 Å². The van der Waals surface area contributed by atoms with Crippen LogP contribution >= 0.6 is 0 Å². The van der Waals surface area contributed by atoms with Crippen LogP contribution in [0.15, 0.2) is 59.2 Å². The smallest absolute Gasteiger partial charge is 0.259 e. The third-order valence-corrected chi connectivity index (χ3v) is 5.26. The molecule has 1 aliphatic heterocycles. The fourth-order valence-electron chi connectivity index (χ4n) is 3.77. The molecule has 0 saturated heterocycles. The van der Waals surface area contributed by atoms with Crippen LogP contribution in [0.5, 0.6) is 11.5 Å². The first-order valence-electron chi connectivity index (χ1n) is 9.54. The molecule has 1 aromatic heterocycles. The Bertz CT molecular complexity index is 1000. The molecule has 0 radical (unpaired) electrons. The monoisotopic (exact) mass is 392 g/mol. The first-order valence-corrected chi connectivity index (χ1v) is 9.54. The Kier molecular flexibility index (Phi) is 5.16. The third kappa shape index (κ3) is 3.78. The zero-order valence-corrected chi connectivity index (χ0v) is 16.8. The maximum Gasteiger partial charge on any atom is 0.259 e. The Morgan fingerprint density at radius 1 is 1.14 bits per heavy atom.